The van der Waals surface area contributed by atoms with Gasteiger partial charge in [-0.2, -0.15) is 5.26 Å². The van der Waals surface area contributed by atoms with Gasteiger partial charge in [0.15, 0.2) is 6.29 Å². The number of ether oxygens (including phenoxy) is 2. The first-order chi connectivity index (χ1) is 19.1. The van der Waals surface area contributed by atoms with Crippen molar-refractivity contribution in [2.75, 3.05) is 50.6 Å². The maximum absolute atomic E-state index is 15.8. The molecular formula is C27H30FN7O5. The van der Waals surface area contributed by atoms with Crippen molar-refractivity contribution in [2.24, 2.45) is 0 Å². The molecule has 1 N–H and O–H groups in total. The Morgan fingerprint density at radius 3 is 2.83 bits per heavy atom. The lowest BCUT2D eigenvalue weighted by atomic mass is 9.68. The molecule has 3 aliphatic heterocycles. The summed E-state index contributed by atoms with van der Waals surface area (Å²) >= 11 is 0. The lowest BCUT2D eigenvalue weighted by molar-refractivity contribution is -0.136. The number of piperazine rings is 1. The molecule has 2 bridgehead atoms. The molecule has 13 heteroatoms. The fourth-order valence-corrected chi connectivity index (χ4v) is 5.37. The van der Waals surface area contributed by atoms with Crippen LogP contribution in [0.3, 0.4) is 0 Å². The Labute approximate surface area is 230 Å². The van der Waals surface area contributed by atoms with Crippen LogP contribution in [0.5, 0.6) is 5.75 Å². The number of methoxy groups -OCH3 is 1. The van der Waals surface area contributed by atoms with Gasteiger partial charge in [-0.15, -0.1) is 0 Å². The Bertz CT molecular complexity index is 1390. The van der Waals surface area contributed by atoms with Crippen molar-refractivity contribution >= 4 is 29.9 Å². The lowest BCUT2D eigenvalue weighted by Gasteiger charge is -2.52. The first-order valence-electron chi connectivity index (χ1n) is 13.0. The number of alkyl halides is 1. The minimum atomic E-state index is -1.67. The van der Waals surface area contributed by atoms with Crippen molar-refractivity contribution in [3.05, 3.63) is 40.7 Å². The van der Waals surface area contributed by atoms with Crippen molar-refractivity contribution < 1.29 is 28.2 Å². The summed E-state index contributed by atoms with van der Waals surface area (Å²) < 4.78 is 26.6. The third kappa shape index (κ3) is 5.07. The summed E-state index contributed by atoms with van der Waals surface area (Å²) in [6, 6.07) is 3.95. The predicted octanol–water partition coefficient (Wildman–Crippen LogP) is 2.23. The van der Waals surface area contributed by atoms with E-state index in [0.717, 1.165) is 0 Å². The molecule has 0 radical (unpaired) electrons. The molecule has 2 fully saturated rings. The van der Waals surface area contributed by atoms with Crippen LogP contribution in [-0.2, 0) is 21.7 Å². The van der Waals surface area contributed by atoms with Crippen molar-refractivity contribution in [1.29, 1.82) is 5.26 Å². The molecule has 5 heterocycles. The van der Waals surface area contributed by atoms with Crippen LogP contribution in [-0.4, -0.2) is 90.5 Å². The number of likely N-dealkylation sites (N-methyl/N-ethyl adjacent to an activating group) is 1. The number of urea groups is 1. The number of halogens is 1. The number of hydrogen-bond acceptors (Lipinski definition) is 9. The minimum absolute atomic E-state index is 0.0486. The van der Waals surface area contributed by atoms with E-state index in [9.17, 15) is 19.6 Å². The first-order valence-corrected chi connectivity index (χ1v) is 13.0. The number of aldehydes is 1. The average molecular weight is 552 g/mol. The second-order valence-electron chi connectivity index (χ2n) is 10.5. The zero-order chi connectivity index (χ0) is 28.6. The zero-order valence-electron chi connectivity index (χ0n) is 22.5. The summed E-state index contributed by atoms with van der Waals surface area (Å²) in [5.41, 5.74) is -0.772. The quantitative estimate of drug-likeness (QED) is 0.489. The SMILES string of the molecule is COC[C@@H](C)Oc1cc(NC(=O)N2c3nc(C=O)c(CN4CCN(C)CC4=O)cc3C3(F)CC2C3)ncc1C#N. The number of rotatable bonds is 8. The number of anilines is 2. The number of amides is 3. The second kappa shape index (κ2) is 10.8. The van der Waals surface area contributed by atoms with Gasteiger partial charge in [0.2, 0.25) is 5.91 Å². The number of hydrogen-bond donors (Lipinski definition) is 1. The van der Waals surface area contributed by atoms with E-state index in [1.54, 1.807) is 17.9 Å². The summed E-state index contributed by atoms with van der Waals surface area (Å²) in [6.07, 6.45) is 1.67. The Hall–Kier alpha value is -4.15. The fourth-order valence-electron chi connectivity index (χ4n) is 5.37. The molecule has 6 rings (SSSR count). The lowest BCUT2D eigenvalue weighted by Crippen LogP contribution is -2.60. The van der Waals surface area contributed by atoms with Crippen LogP contribution in [0, 0.1) is 11.3 Å². The van der Waals surface area contributed by atoms with Crippen molar-refractivity contribution in [2.45, 2.75) is 44.1 Å². The number of carbonyl (C=O) groups is 3. The first kappa shape index (κ1) is 27.4. The molecule has 0 spiro atoms. The molecule has 3 amide bonds. The largest absolute Gasteiger partial charge is 0.487 e. The van der Waals surface area contributed by atoms with Crippen LogP contribution in [0.1, 0.15) is 46.9 Å². The standard InChI is InChI=1S/C27H30FN7O5/c1-16(15-39-3)40-22-7-23(30-11-18(22)10-29)32-26(38)35-19-8-27(28,9-19)20-6-17(21(14-36)31-25(20)35)12-34-5-4-33(2)13-24(34)37/h6-7,11,14,16,19H,4-5,8-9,12-13,15H2,1-3H3,(H,30,32,38)/t16-,19?,27?/m1/s1. The summed E-state index contributed by atoms with van der Waals surface area (Å²) in [7, 11) is 3.39. The van der Waals surface area contributed by atoms with Crippen LogP contribution in [0.4, 0.5) is 20.8 Å². The Kier molecular flexibility index (Phi) is 7.39. The van der Waals surface area contributed by atoms with E-state index >= 15 is 4.39 Å². The molecule has 1 saturated heterocycles. The monoisotopic (exact) mass is 551 g/mol. The second-order valence-corrected chi connectivity index (χ2v) is 10.5. The highest BCUT2D eigenvalue weighted by Gasteiger charge is 2.57. The molecule has 0 unspecified atom stereocenters. The topological polar surface area (TPSA) is 141 Å². The molecule has 12 nitrogen and oxygen atoms in total. The fraction of sp³-hybridized carbons (Fsp3) is 0.481. The summed E-state index contributed by atoms with van der Waals surface area (Å²) in [5, 5.41) is 12.1. The van der Waals surface area contributed by atoms with E-state index in [1.165, 1.54) is 24.3 Å². The molecule has 40 heavy (non-hydrogen) atoms. The molecular weight excluding hydrogens is 521 g/mol. The highest BCUT2D eigenvalue weighted by Crippen LogP contribution is 2.55. The van der Waals surface area contributed by atoms with Gasteiger partial charge in [-0.25, -0.2) is 19.2 Å². The Morgan fingerprint density at radius 1 is 1.38 bits per heavy atom. The van der Waals surface area contributed by atoms with Crippen LogP contribution in [0.15, 0.2) is 18.3 Å². The maximum Gasteiger partial charge on any atom is 0.328 e. The molecule has 1 saturated carbocycles. The van der Waals surface area contributed by atoms with Crippen LogP contribution in [0.2, 0.25) is 0 Å². The number of nitrogens with one attached hydrogen (secondary N) is 1. The van der Waals surface area contributed by atoms with Crippen molar-refractivity contribution in [1.82, 2.24) is 19.8 Å². The van der Waals surface area contributed by atoms with Crippen molar-refractivity contribution in [3.63, 3.8) is 0 Å². The van der Waals surface area contributed by atoms with Gasteiger partial charge in [-0.3, -0.25) is 24.7 Å². The molecule has 4 aliphatic rings. The average Bonchev–Trinajstić information content (AvgIpc) is 2.89. The maximum atomic E-state index is 15.8. The van der Waals surface area contributed by atoms with Gasteiger partial charge in [0, 0.05) is 62.8 Å². The molecule has 2 aromatic rings. The normalized spacial score (nSPS) is 22.6. The number of nitriles is 1. The number of carbonyl (C=O) groups excluding carboxylic acids is 3. The van der Waals surface area contributed by atoms with E-state index < -0.39 is 17.7 Å². The minimum Gasteiger partial charge on any atom is -0.487 e. The van der Waals surface area contributed by atoms with Crippen LogP contribution < -0.4 is 15.0 Å². The van der Waals surface area contributed by atoms with Gasteiger partial charge in [0.05, 0.1) is 19.3 Å². The molecule has 2 aromatic heterocycles. The number of aromatic nitrogens is 2. The van der Waals surface area contributed by atoms with E-state index in [0.29, 0.717) is 31.5 Å². The Morgan fingerprint density at radius 2 is 2.15 bits per heavy atom. The van der Waals surface area contributed by atoms with Gasteiger partial charge in [0.1, 0.15) is 46.5 Å². The number of nitrogens with zero attached hydrogens (tertiary/aromatic N) is 6. The predicted molar refractivity (Wildman–Crippen MR) is 141 cm³/mol. The van der Waals surface area contributed by atoms with E-state index in [1.807, 2.05) is 18.0 Å². The van der Waals surface area contributed by atoms with Gasteiger partial charge in [0.25, 0.3) is 0 Å². The van der Waals surface area contributed by atoms with E-state index in [4.69, 9.17) is 9.47 Å². The summed E-state index contributed by atoms with van der Waals surface area (Å²) in [4.78, 5) is 51.4. The molecule has 210 valence electrons. The van der Waals surface area contributed by atoms with E-state index in [2.05, 4.69) is 15.3 Å². The third-order valence-corrected chi connectivity index (χ3v) is 7.46. The van der Waals surface area contributed by atoms with Gasteiger partial charge < -0.3 is 14.4 Å². The molecule has 1 aliphatic carbocycles. The third-order valence-electron chi connectivity index (χ3n) is 7.46. The summed E-state index contributed by atoms with van der Waals surface area (Å²) in [6.45, 7) is 3.63. The van der Waals surface area contributed by atoms with Gasteiger partial charge in [-0.1, -0.05) is 0 Å². The highest BCUT2D eigenvalue weighted by molar-refractivity contribution is 6.03. The van der Waals surface area contributed by atoms with Crippen LogP contribution >= 0.6 is 0 Å². The van der Waals surface area contributed by atoms with Gasteiger partial charge >= 0.3 is 6.03 Å². The summed E-state index contributed by atoms with van der Waals surface area (Å²) in [5.74, 6) is 0.337. The smallest absolute Gasteiger partial charge is 0.328 e. The molecule has 1 atom stereocenters. The molecule has 0 aromatic carbocycles. The van der Waals surface area contributed by atoms with Crippen LogP contribution in [0.25, 0.3) is 0 Å². The zero-order valence-corrected chi connectivity index (χ0v) is 22.5. The number of pyridine rings is 2. The van der Waals surface area contributed by atoms with Crippen molar-refractivity contribution in [3.8, 4) is 11.8 Å². The van der Waals surface area contributed by atoms with Gasteiger partial charge in [-0.05, 0) is 20.0 Å². The highest BCUT2D eigenvalue weighted by atomic mass is 19.1. The van der Waals surface area contributed by atoms with E-state index in [-0.39, 0.29) is 72.1 Å². The Balaban J connectivity index is 1.42.